The highest BCUT2D eigenvalue weighted by Gasteiger charge is 2.22. The minimum Gasteiger partial charge on any atom is -0.365 e. The van der Waals surface area contributed by atoms with E-state index in [1.54, 1.807) is 42.5 Å². The minimum atomic E-state index is -3.58. The van der Waals surface area contributed by atoms with Crippen LogP contribution in [0.25, 0.3) is 10.4 Å². The van der Waals surface area contributed by atoms with Crippen molar-refractivity contribution in [2.75, 3.05) is 0 Å². The lowest BCUT2D eigenvalue weighted by Crippen LogP contribution is -2.13. The van der Waals surface area contributed by atoms with Gasteiger partial charge in [-0.1, -0.05) is 41.4 Å². The number of amides is 1. The first-order chi connectivity index (χ1) is 12.3. The number of benzene rings is 2. The number of carbonyl (C=O) groups excluding carboxylic acids is 1. The van der Waals surface area contributed by atoms with Crippen molar-refractivity contribution in [3.63, 3.8) is 0 Å². The van der Waals surface area contributed by atoms with Gasteiger partial charge in [-0.3, -0.25) is 4.79 Å². The molecular weight excluding hydrogens is 390 g/mol. The van der Waals surface area contributed by atoms with Crippen molar-refractivity contribution >= 4 is 38.7 Å². The number of sulfone groups is 1. The molecule has 2 N–H and O–H groups in total. The number of thiophene rings is 1. The Kier molecular flexibility index (Phi) is 5.18. The average Bonchev–Trinajstić information content (AvgIpc) is 2.99. The highest BCUT2D eigenvalue weighted by molar-refractivity contribution is 7.90. The first-order valence-electron chi connectivity index (χ1n) is 7.74. The fraction of sp³-hybridized carbons (Fsp3) is 0.105. The molecule has 1 aromatic heterocycles. The van der Waals surface area contributed by atoms with Crippen LogP contribution in [0, 0.1) is 6.92 Å². The summed E-state index contributed by atoms with van der Waals surface area (Å²) in [5.74, 6) is -0.914. The van der Waals surface area contributed by atoms with E-state index in [4.69, 9.17) is 17.3 Å². The van der Waals surface area contributed by atoms with Crippen LogP contribution in [0.3, 0.4) is 0 Å². The van der Waals surface area contributed by atoms with Crippen molar-refractivity contribution in [3.05, 3.63) is 75.6 Å². The molecule has 1 heterocycles. The molecule has 0 saturated carbocycles. The first kappa shape index (κ1) is 18.6. The zero-order valence-corrected chi connectivity index (χ0v) is 16.3. The Morgan fingerprint density at radius 1 is 1.08 bits per heavy atom. The summed E-state index contributed by atoms with van der Waals surface area (Å²) in [6, 6.07) is 15.5. The Labute approximate surface area is 161 Å². The summed E-state index contributed by atoms with van der Waals surface area (Å²) in [6.45, 7) is 1.89. The first-order valence-corrected chi connectivity index (χ1v) is 10.6. The number of nitrogens with two attached hydrogens (primary N) is 1. The molecule has 0 saturated heterocycles. The van der Waals surface area contributed by atoms with Crippen molar-refractivity contribution in [2.45, 2.75) is 17.6 Å². The van der Waals surface area contributed by atoms with Crippen LogP contribution in [-0.4, -0.2) is 14.3 Å². The second kappa shape index (κ2) is 7.23. The van der Waals surface area contributed by atoms with Crippen molar-refractivity contribution in [1.82, 2.24) is 0 Å². The molecule has 7 heteroatoms. The van der Waals surface area contributed by atoms with Crippen LogP contribution in [0.2, 0.25) is 5.02 Å². The van der Waals surface area contributed by atoms with Crippen LogP contribution in [0.15, 0.2) is 59.5 Å². The highest BCUT2D eigenvalue weighted by atomic mass is 35.5. The van der Waals surface area contributed by atoms with Gasteiger partial charge >= 0.3 is 0 Å². The fourth-order valence-electron chi connectivity index (χ4n) is 2.53. The summed E-state index contributed by atoms with van der Waals surface area (Å²) >= 11 is 7.08. The van der Waals surface area contributed by atoms with E-state index in [1.165, 1.54) is 11.3 Å². The molecule has 0 bridgehead atoms. The number of primary amides is 1. The molecule has 3 aromatic rings. The van der Waals surface area contributed by atoms with Crippen molar-refractivity contribution in [1.29, 1.82) is 0 Å². The standard InChI is InChI=1S/C19H16ClNO3S2/c1-12-2-8-16(9-3-12)26(23,24)11-14-10-17(25-18(14)19(21)22)13-4-6-15(20)7-5-13/h2-10H,11H2,1H3,(H2,21,22). The quantitative estimate of drug-likeness (QED) is 0.681. The zero-order chi connectivity index (χ0) is 18.9. The van der Waals surface area contributed by atoms with Gasteiger partial charge < -0.3 is 5.73 Å². The molecule has 0 spiro atoms. The molecule has 2 aromatic carbocycles. The van der Waals surface area contributed by atoms with Gasteiger partial charge in [-0.2, -0.15) is 0 Å². The predicted octanol–water partition coefficient (Wildman–Crippen LogP) is 4.45. The minimum absolute atomic E-state index is 0.220. The van der Waals surface area contributed by atoms with Crippen molar-refractivity contribution in [3.8, 4) is 10.4 Å². The second-order valence-electron chi connectivity index (χ2n) is 5.91. The van der Waals surface area contributed by atoms with Crippen LogP contribution in [-0.2, 0) is 15.6 Å². The van der Waals surface area contributed by atoms with Gasteiger partial charge in [0.05, 0.1) is 15.5 Å². The number of halogens is 1. The molecule has 1 amide bonds. The van der Waals surface area contributed by atoms with Crippen LogP contribution < -0.4 is 5.73 Å². The normalized spacial score (nSPS) is 11.5. The number of aryl methyl sites for hydroxylation is 1. The van der Waals surface area contributed by atoms with Crippen LogP contribution in [0.5, 0.6) is 0 Å². The third-order valence-electron chi connectivity index (χ3n) is 3.89. The maximum Gasteiger partial charge on any atom is 0.259 e. The lowest BCUT2D eigenvalue weighted by atomic mass is 10.1. The van der Waals surface area contributed by atoms with E-state index in [2.05, 4.69) is 0 Å². The number of rotatable bonds is 5. The Balaban J connectivity index is 2.00. The third-order valence-corrected chi connectivity index (χ3v) is 7.06. The van der Waals surface area contributed by atoms with E-state index in [-0.39, 0.29) is 15.5 Å². The zero-order valence-electron chi connectivity index (χ0n) is 13.9. The maximum absolute atomic E-state index is 12.7. The van der Waals surface area contributed by atoms with E-state index >= 15 is 0 Å². The summed E-state index contributed by atoms with van der Waals surface area (Å²) in [6.07, 6.45) is 0. The largest absolute Gasteiger partial charge is 0.365 e. The van der Waals surface area contributed by atoms with E-state index in [9.17, 15) is 13.2 Å². The average molecular weight is 406 g/mol. The summed E-state index contributed by atoms with van der Waals surface area (Å²) in [5.41, 5.74) is 7.70. The monoisotopic (exact) mass is 405 g/mol. The molecule has 3 rings (SSSR count). The molecular formula is C19H16ClNO3S2. The summed E-state index contributed by atoms with van der Waals surface area (Å²) in [7, 11) is -3.58. The lowest BCUT2D eigenvalue weighted by molar-refractivity contribution is 0.100. The van der Waals surface area contributed by atoms with E-state index in [0.717, 1.165) is 16.0 Å². The lowest BCUT2D eigenvalue weighted by Gasteiger charge is -2.05. The predicted molar refractivity (Wildman–Crippen MR) is 105 cm³/mol. The van der Waals surface area contributed by atoms with Crippen molar-refractivity contribution < 1.29 is 13.2 Å². The van der Waals surface area contributed by atoms with Gasteiger partial charge in [0.2, 0.25) is 0 Å². The van der Waals surface area contributed by atoms with Crippen LogP contribution >= 0.6 is 22.9 Å². The van der Waals surface area contributed by atoms with Gasteiger partial charge in [0.1, 0.15) is 0 Å². The van der Waals surface area contributed by atoms with Gasteiger partial charge in [-0.15, -0.1) is 11.3 Å². The molecule has 4 nitrogen and oxygen atoms in total. The number of hydrogen-bond donors (Lipinski definition) is 1. The fourth-order valence-corrected chi connectivity index (χ4v) is 5.14. The topological polar surface area (TPSA) is 77.2 Å². The SMILES string of the molecule is Cc1ccc(S(=O)(=O)Cc2cc(-c3ccc(Cl)cc3)sc2C(N)=O)cc1. The molecule has 134 valence electrons. The Bertz CT molecular complexity index is 1050. The molecule has 0 atom stereocenters. The molecule has 0 unspecified atom stereocenters. The molecule has 0 aliphatic carbocycles. The molecule has 0 radical (unpaired) electrons. The van der Waals surface area contributed by atoms with Gasteiger partial charge in [-0.25, -0.2) is 8.42 Å². The van der Waals surface area contributed by atoms with Gasteiger partial charge in [0, 0.05) is 9.90 Å². The summed E-state index contributed by atoms with van der Waals surface area (Å²) < 4.78 is 25.4. The van der Waals surface area contributed by atoms with Crippen LogP contribution in [0.1, 0.15) is 20.8 Å². The Morgan fingerprint density at radius 3 is 2.27 bits per heavy atom. The van der Waals surface area contributed by atoms with Gasteiger partial charge in [-0.05, 0) is 48.4 Å². The van der Waals surface area contributed by atoms with Gasteiger partial charge in [0.25, 0.3) is 5.91 Å². The second-order valence-corrected chi connectivity index (χ2v) is 9.39. The molecule has 26 heavy (non-hydrogen) atoms. The maximum atomic E-state index is 12.7. The number of carbonyl (C=O) groups is 1. The Hall–Kier alpha value is -2.15. The molecule has 0 fully saturated rings. The highest BCUT2D eigenvalue weighted by Crippen LogP contribution is 2.34. The Morgan fingerprint density at radius 2 is 1.69 bits per heavy atom. The van der Waals surface area contributed by atoms with E-state index < -0.39 is 15.7 Å². The summed E-state index contributed by atoms with van der Waals surface area (Å²) in [5, 5.41) is 0.600. The smallest absolute Gasteiger partial charge is 0.259 e. The third kappa shape index (κ3) is 3.98. The van der Waals surface area contributed by atoms with Gasteiger partial charge in [0.15, 0.2) is 9.84 Å². The van der Waals surface area contributed by atoms with E-state index in [0.29, 0.717) is 10.6 Å². The van der Waals surface area contributed by atoms with Crippen molar-refractivity contribution in [2.24, 2.45) is 5.73 Å². The van der Waals surface area contributed by atoms with E-state index in [1.807, 2.05) is 19.1 Å². The summed E-state index contributed by atoms with van der Waals surface area (Å²) in [4.78, 5) is 13.0. The molecule has 0 aliphatic rings. The number of hydrogen-bond acceptors (Lipinski definition) is 4. The molecule has 0 aliphatic heterocycles. The van der Waals surface area contributed by atoms with Crippen LogP contribution in [0.4, 0.5) is 0 Å².